The van der Waals surface area contributed by atoms with Crippen LogP contribution in [0.4, 0.5) is 0 Å². The van der Waals surface area contributed by atoms with Crippen LogP contribution in [-0.4, -0.2) is 31.1 Å². The fourth-order valence-electron chi connectivity index (χ4n) is 3.24. The molecule has 2 heteroatoms. The number of hydrogen-bond donors (Lipinski definition) is 1. The smallest absolute Gasteiger partial charge is 0.0447 e. The first-order chi connectivity index (χ1) is 9.10. The number of rotatable bonds is 4. The second kappa shape index (κ2) is 6.53. The highest BCUT2D eigenvalue weighted by Crippen LogP contribution is 2.22. The van der Waals surface area contributed by atoms with Gasteiger partial charge in [0.05, 0.1) is 0 Å². The highest BCUT2D eigenvalue weighted by molar-refractivity contribution is 5.30. The predicted octanol–water partition coefficient (Wildman–Crippen LogP) is 3.44. The minimum absolute atomic E-state index is 0.444. The summed E-state index contributed by atoms with van der Waals surface area (Å²) >= 11 is 0. The van der Waals surface area contributed by atoms with Gasteiger partial charge < -0.3 is 5.32 Å². The molecule has 1 fully saturated rings. The number of nitrogens with one attached hydrogen (secondary N) is 1. The van der Waals surface area contributed by atoms with Crippen molar-refractivity contribution in [3.63, 3.8) is 0 Å². The Hall–Kier alpha value is -0.860. The van der Waals surface area contributed by atoms with Gasteiger partial charge in [-0.05, 0) is 52.8 Å². The van der Waals surface area contributed by atoms with Crippen molar-refractivity contribution in [2.24, 2.45) is 0 Å². The summed E-state index contributed by atoms with van der Waals surface area (Å²) in [5.41, 5.74) is 4.15. The molecular formula is C17H28N2. The third-order valence-electron chi connectivity index (χ3n) is 4.35. The van der Waals surface area contributed by atoms with Crippen molar-refractivity contribution >= 4 is 0 Å². The van der Waals surface area contributed by atoms with Crippen LogP contribution >= 0.6 is 0 Å². The van der Waals surface area contributed by atoms with Gasteiger partial charge in [0, 0.05) is 18.6 Å². The van der Waals surface area contributed by atoms with Crippen molar-refractivity contribution in [2.75, 3.05) is 20.1 Å². The van der Waals surface area contributed by atoms with Gasteiger partial charge in [0.15, 0.2) is 0 Å². The average molecular weight is 260 g/mol. The van der Waals surface area contributed by atoms with Crippen LogP contribution in [0.5, 0.6) is 0 Å². The van der Waals surface area contributed by atoms with E-state index in [1.54, 1.807) is 0 Å². The van der Waals surface area contributed by atoms with Crippen molar-refractivity contribution in [3.8, 4) is 0 Å². The number of likely N-dealkylation sites (tertiary alicyclic amines) is 1. The van der Waals surface area contributed by atoms with Crippen molar-refractivity contribution < 1.29 is 0 Å². The molecule has 0 radical (unpaired) electrons. The number of aryl methyl sites for hydroxylation is 2. The first-order valence-electron chi connectivity index (χ1n) is 7.59. The summed E-state index contributed by atoms with van der Waals surface area (Å²) in [5, 5.41) is 3.50. The number of hydrogen-bond acceptors (Lipinski definition) is 2. The molecule has 0 amide bonds. The predicted molar refractivity (Wildman–Crippen MR) is 82.6 cm³/mol. The number of likely N-dealkylation sites (N-methyl/N-ethyl adjacent to an activating group) is 1. The minimum Gasteiger partial charge on any atom is -0.312 e. The van der Waals surface area contributed by atoms with E-state index in [1.807, 2.05) is 0 Å². The van der Waals surface area contributed by atoms with Crippen molar-refractivity contribution in [1.82, 2.24) is 10.2 Å². The fraction of sp³-hybridized carbons (Fsp3) is 0.647. The molecule has 0 spiro atoms. The quantitative estimate of drug-likeness (QED) is 0.892. The molecule has 2 unspecified atom stereocenters. The molecular weight excluding hydrogens is 232 g/mol. The van der Waals surface area contributed by atoms with E-state index in [0.717, 1.165) is 12.6 Å². The van der Waals surface area contributed by atoms with Crippen molar-refractivity contribution in [2.45, 2.75) is 52.1 Å². The van der Waals surface area contributed by atoms with E-state index < -0.39 is 0 Å². The van der Waals surface area contributed by atoms with Crippen LogP contribution in [0, 0.1) is 13.8 Å². The standard InChI is InChI=1S/C17H28N2/c1-13-9-14(2)11-16(10-13)17(18-4)12-19-8-6-5-7-15(19)3/h9-11,15,17-18H,5-8,12H2,1-4H3. The van der Waals surface area contributed by atoms with E-state index in [0.29, 0.717) is 6.04 Å². The Bertz CT molecular complexity index is 393. The zero-order valence-corrected chi connectivity index (χ0v) is 12.9. The van der Waals surface area contributed by atoms with Crippen molar-refractivity contribution in [1.29, 1.82) is 0 Å². The summed E-state index contributed by atoms with van der Waals surface area (Å²) < 4.78 is 0. The molecule has 1 saturated heterocycles. The van der Waals surface area contributed by atoms with Crippen LogP contribution in [0.1, 0.15) is 48.9 Å². The summed E-state index contributed by atoms with van der Waals surface area (Å²) in [7, 11) is 2.08. The lowest BCUT2D eigenvalue weighted by Gasteiger charge is -2.36. The SMILES string of the molecule is CNC(CN1CCCCC1C)c1cc(C)cc(C)c1. The van der Waals surface area contributed by atoms with Gasteiger partial charge in [-0.2, -0.15) is 0 Å². The topological polar surface area (TPSA) is 15.3 Å². The molecule has 0 aliphatic carbocycles. The van der Waals surface area contributed by atoms with Crippen LogP contribution in [0.2, 0.25) is 0 Å². The summed E-state index contributed by atoms with van der Waals surface area (Å²) in [4.78, 5) is 2.64. The lowest BCUT2D eigenvalue weighted by Crippen LogP contribution is -2.42. The molecule has 0 saturated carbocycles. The van der Waals surface area contributed by atoms with Gasteiger partial charge in [-0.3, -0.25) is 4.90 Å². The Balaban J connectivity index is 2.10. The van der Waals surface area contributed by atoms with Gasteiger partial charge in [-0.1, -0.05) is 35.7 Å². The van der Waals surface area contributed by atoms with E-state index in [1.165, 1.54) is 42.5 Å². The number of nitrogens with zero attached hydrogens (tertiary/aromatic N) is 1. The lowest BCUT2D eigenvalue weighted by atomic mass is 9.98. The lowest BCUT2D eigenvalue weighted by molar-refractivity contribution is 0.146. The van der Waals surface area contributed by atoms with E-state index in [9.17, 15) is 0 Å². The third kappa shape index (κ3) is 3.80. The monoisotopic (exact) mass is 260 g/mol. The minimum atomic E-state index is 0.444. The zero-order valence-electron chi connectivity index (χ0n) is 12.9. The molecule has 0 bridgehead atoms. The molecule has 106 valence electrons. The maximum absolute atomic E-state index is 3.50. The first-order valence-corrected chi connectivity index (χ1v) is 7.59. The zero-order chi connectivity index (χ0) is 13.8. The number of piperidine rings is 1. The first kappa shape index (κ1) is 14.5. The molecule has 1 N–H and O–H groups in total. The summed E-state index contributed by atoms with van der Waals surface area (Å²) in [6, 6.07) is 8.07. The normalized spacial score (nSPS) is 22.4. The van der Waals surface area contributed by atoms with Gasteiger partial charge in [-0.25, -0.2) is 0 Å². The highest BCUT2D eigenvalue weighted by atomic mass is 15.2. The van der Waals surface area contributed by atoms with E-state index in [4.69, 9.17) is 0 Å². The fourth-order valence-corrected chi connectivity index (χ4v) is 3.24. The summed E-state index contributed by atoms with van der Waals surface area (Å²) in [5.74, 6) is 0. The van der Waals surface area contributed by atoms with Crippen LogP contribution < -0.4 is 5.32 Å². The van der Waals surface area contributed by atoms with E-state index in [-0.39, 0.29) is 0 Å². The Morgan fingerprint density at radius 1 is 1.21 bits per heavy atom. The maximum atomic E-state index is 3.50. The molecule has 2 atom stereocenters. The van der Waals surface area contributed by atoms with Crippen LogP contribution in [-0.2, 0) is 0 Å². The summed E-state index contributed by atoms with van der Waals surface area (Å²) in [6.45, 7) is 9.12. The molecule has 1 aromatic carbocycles. The Labute approximate surface area is 118 Å². The molecule has 2 nitrogen and oxygen atoms in total. The highest BCUT2D eigenvalue weighted by Gasteiger charge is 2.22. The van der Waals surface area contributed by atoms with Gasteiger partial charge >= 0.3 is 0 Å². The Morgan fingerprint density at radius 2 is 1.89 bits per heavy atom. The van der Waals surface area contributed by atoms with Gasteiger partial charge in [0.25, 0.3) is 0 Å². The molecule has 1 aromatic rings. The molecule has 1 aliphatic rings. The van der Waals surface area contributed by atoms with Crippen LogP contribution in [0.3, 0.4) is 0 Å². The van der Waals surface area contributed by atoms with E-state index >= 15 is 0 Å². The molecule has 1 heterocycles. The van der Waals surface area contributed by atoms with Gasteiger partial charge in [0.2, 0.25) is 0 Å². The Morgan fingerprint density at radius 3 is 2.47 bits per heavy atom. The molecule has 19 heavy (non-hydrogen) atoms. The Kier molecular flexibility index (Phi) is 5.00. The van der Waals surface area contributed by atoms with Crippen LogP contribution in [0.15, 0.2) is 18.2 Å². The molecule has 1 aliphatic heterocycles. The molecule has 0 aromatic heterocycles. The average Bonchev–Trinajstić information content (AvgIpc) is 2.36. The van der Waals surface area contributed by atoms with Crippen molar-refractivity contribution in [3.05, 3.63) is 34.9 Å². The van der Waals surface area contributed by atoms with Gasteiger partial charge in [-0.15, -0.1) is 0 Å². The number of benzene rings is 1. The maximum Gasteiger partial charge on any atom is 0.0447 e. The van der Waals surface area contributed by atoms with Crippen LogP contribution in [0.25, 0.3) is 0 Å². The second-order valence-corrected chi connectivity index (χ2v) is 6.10. The largest absolute Gasteiger partial charge is 0.312 e. The van der Waals surface area contributed by atoms with E-state index in [2.05, 4.69) is 56.2 Å². The van der Waals surface area contributed by atoms with Gasteiger partial charge in [0.1, 0.15) is 0 Å². The molecule has 2 rings (SSSR count). The summed E-state index contributed by atoms with van der Waals surface area (Å²) in [6.07, 6.45) is 4.10. The third-order valence-corrected chi connectivity index (χ3v) is 4.35. The second-order valence-electron chi connectivity index (χ2n) is 6.10.